The summed E-state index contributed by atoms with van der Waals surface area (Å²) in [5.74, 6) is -1.81. The second-order valence-electron chi connectivity index (χ2n) is 8.16. The van der Waals surface area contributed by atoms with Gasteiger partial charge in [0.05, 0.1) is 18.2 Å². The van der Waals surface area contributed by atoms with Crippen molar-refractivity contribution >= 4 is 17.4 Å². The molecule has 1 aliphatic rings. The van der Waals surface area contributed by atoms with E-state index >= 15 is 0 Å². The van der Waals surface area contributed by atoms with Crippen molar-refractivity contribution in [2.45, 2.75) is 32.9 Å². The molecule has 0 bridgehead atoms. The van der Waals surface area contributed by atoms with Crippen LogP contribution in [0, 0.1) is 12.7 Å². The Morgan fingerprint density at radius 3 is 2.44 bits per heavy atom. The van der Waals surface area contributed by atoms with Crippen LogP contribution in [-0.4, -0.2) is 33.3 Å². The maximum atomic E-state index is 14.2. The SMILES string of the molecule is CCCOc1ccc(C2/C(=C(/O)c3ccc(C)c(F)c3)C(=O)C(=O)N2Cc2ccncc2)cc1. The first-order chi connectivity index (χ1) is 16.4. The van der Waals surface area contributed by atoms with Crippen LogP contribution in [0.25, 0.3) is 5.76 Å². The minimum absolute atomic E-state index is 0.0791. The smallest absolute Gasteiger partial charge is 0.295 e. The third-order valence-corrected chi connectivity index (χ3v) is 5.76. The Kier molecular flexibility index (Phi) is 6.72. The number of aliphatic hydroxyl groups excluding tert-OH is 1. The van der Waals surface area contributed by atoms with Crippen molar-refractivity contribution in [3.63, 3.8) is 0 Å². The number of carbonyl (C=O) groups excluding carboxylic acids is 2. The van der Waals surface area contributed by atoms with Crippen molar-refractivity contribution in [3.05, 3.63) is 101 Å². The maximum absolute atomic E-state index is 14.2. The third-order valence-electron chi connectivity index (χ3n) is 5.76. The summed E-state index contributed by atoms with van der Waals surface area (Å²) >= 11 is 0. The predicted molar refractivity (Wildman–Crippen MR) is 125 cm³/mol. The fraction of sp³-hybridized carbons (Fsp3) is 0.222. The monoisotopic (exact) mass is 460 g/mol. The number of aliphatic hydroxyl groups is 1. The Balaban J connectivity index is 1.82. The van der Waals surface area contributed by atoms with E-state index in [-0.39, 0.29) is 17.7 Å². The zero-order valence-corrected chi connectivity index (χ0v) is 19.0. The van der Waals surface area contributed by atoms with Crippen molar-refractivity contribution in [3.8, 4) is 5.75 Å². The Morgan fingerprint density at radius 2 is 1.79 bits per heavy atom. The summed E-state index contributed by atoms with van der Waals surface area (Å²) in [6.07, 6.45) is 4.08. The van der Waals surface area contributed by atoms with Gasteiger partial charge in [0.15, 0.2) is 0 Å². The molecule has 1 saturated heterocycles. The number of nitrogens with zero attached hydrogens (tertiary/aromatic N) is 2. The highest BCUT2D eigenvalue weighted by molar-refractivity contribution is 6.46. The zero-order chi connectivity index (χ0) is 24.2. The lowest BCUT2D eigenvalue weighted by molar-refractivity contribution is -0.140. The average Bonchev–Trinajstić information content (AvgIpc) is 3.10. The molecule has 2 aromatic carbocycles. The van der Waals surface area contributed by atoms with Gasteiger partial charge < -0.3 is 14.7 Å². The van der Waals surface area contributed by atoms with E-state index in [1.165, 1.54) is 23.1 Å². The van der Waals surface area contributed by atoms with Crippen molar-refractivity contribution in [2.75, 3.05) is 6.61 Å². The lowest BCUT2D eigenvalue weighted by atomic mass is 9.94. The number of Topliss-reactive ketones (excluding diaryl/α,β-unsaturated/α-hetero) is 1. The first-order valence-electron chi connectivity index (χ1n) is 11.1. The predicted octanol–water partition coefficient (Wildman–Crippen LogP) is 4.94. The lowest BCUT2D eigenvalue weighted by Gasteiger charge is -2.25. The lowest BCUT2D eigenvalue weighted by Crippen LogP contribution is -2.29. The molecule has 3 aromatic rings. The van der Waals surface area contributed by atoms with Crippen molar-refractivity contribution < 1.29 is 23.8 Å². The van der Waals surface area contributed by atoms with Crippen LogP contribution in [-0.2, 0) is 16.1 Å². The molecule has 1 amide bonds. The highest BCUT2D eigenvalue weighted by atomic mass is 19.1. The molecular formula is C27H25FN2O4. The number of hydrogen-bond acceptors (Lipinski definition) is 5. The molecule has 2 heterocycles. The number of rotatable bonds is 7. The largest absolute Gasteiger partial charge is 0.507 e. The van der Waals surface area contributed by atoms with Gasteiger partial charge in [-0.3, -0.25) is 14.6 Å². The van der Waals surface area contributed by atoms with Gasteiger partial charge in [0.2, 0.25) is 0 Å². The fourth-order valence-electron chi connectivity index (χ4n) is 3.94. The number of carbonyl (C=O) groups is 2. The van der Waals surface area contributed by atoms with E-state index in [2.05, 4.69) is 4.98 Å². The van der Waals surface area contributed by atoms with Gasteiger partial charge in [-0.2, -0.15) is 0 Å². The van der Waals surface area contributed by atoms with Crippen LogP contribution in [0.4, 0.5) is 4.39 Å². The summed E-state index contributed by atoms with van der Waals surface area (Å²) in [5, 5.41) is 11.1. The summed E-state index contributed by atoms with van der Waals surface area (Å²) < 4.78 is 19.9. The van der Waals surface area contributed by atoms with Crippen molar-refractivity contribution in [1.29, 1.82) is 0 Å². The molecule has 1 fully saturated rings. The van der Waals surface area contributed by atoms with Gasteiger partial charge in [-0.25, -0.2) is 4.39 Å². The summed E-state index contributed by atoms with van der Waals surface area (Å²) in [4.78, 5) is 31.6. The van der Waals surface area contributed by atoms with Crippen LogP contribution in [0.3, 0.4) is 0 Å². The molecular weight excluding hydrogens is 435 g/mol. The van der Waals surface area contributed by atoms with E-state index in [1.807, 2.05) is 6.92 Å². The summed E-state index contributed by atoms with van der Waals surface area (Å²) in [5.41, 5.74) is 1.88. The number of aryl methyl sites for hydroxylation is 1. The van der Waals surface area contributed by atoms with Gasteiger partial charge in [0.25, 0.3) is 11.7 Å². The molecule has 1 aliphatic heterocycles. The van der Waals surface area contributed by atoms with Gasteiger partial charge in [0, 0.05) is 24.5 Å². The molecule has 0 radical (unpaired) electrons. The summed E-state index contributed by atoms with van der Waals surface area (Å²) in [6.45, 7) is 4.33. The molecule has 34 heavy (non-hydrogen) atoms. The molecule has 0 saturated carbocycles. The van der Waals surface area contributed by atoms with Crippen LogP contribution < -0.4 is 4.74 Å². The molecule has 1 atom stereocenters. The number of ketones is 1. The fourth-order valence-corrected chi connectivity index (χ4v) is 3.94. The van der Waals surface area contributed by atoms with Crippen LogP contribution in [0.15, 0.2) is 72.6 Å². The first-order valence-corrected chi connectivity index (χ1v) is 11.1. The third kappa shape index (κ3) is 4.55. The summed E-state index contributed by atoms with van der Waals surface area (Å²) in [7, 11) is 0. The molecule has 174 valence electrons. The van der Waals surface area contributed by atoms with E-state index < -0.39 is 29.3 Å². The number of likely N-dealkylation sites (tertiary alicyclic amines) is 1. The topological polar surface area (TPSA) is 79.7 Å². The van der Waals surface area contributed by atoms with E-state index in [1.54, 1.807) is 55.7 Å². The molecule has 1 aromatic heterocycles. The molecule has 0 aliphatic carbocycles. The number of ether oxygens (including phenoxy) is 1. The zero-order valence-electron chi connectivity index (χ0n) is 19.0. The number of benzene rings is 2. The first kappa shape index (κ1) is 23.2. The quantitative estimate of drug-likeness (QED) is 0.307. The number of amides is 1. The van der Waals surface area contributed by atoms with E-state index in [9.17, 15) is 19.1 Å². The Hall–Kier alpha value is -4.00. The molecule has 7 heteroatoms. The molecule has 1 N–H and O–H groups in total. The van der Waals surface area contributed by atoms with Gasteiger partial charge in [-0.15, -0.1) is 0 Å². The Morgan fingerprint density at radius 1 is 1.09 bits per heavy atom. The van der Waals surface area contributed by atoms with E-state index in [0.29, 0.717) is 23.5 Å². The second-order valence-corrected chi connectivity index (χ2v) is 8.16. The highest BCUT2D eigenvalue weighted by Crippen LogP contribution is 2.40. The Bertz CT molecular complexity index is 1240. The van der Waals surface area contributed by atoms with Gasteiger partial charge in [-0.05, 0) is 60.4 Å². The average molecular weight is 461 g/mol. The van der Waals surface area contributed by atoms with Crippen LogP contribution >= 0.6 is 0 Å². The van der Waals surface area contributed by atoms with Gasteiger partial charge in [0.1, 0.15) is 17.3 Å². The maximum Gasteiger partial charge on any atom is 0.295 e. The molecule has 6 nitrogen and oxygen atoms in total. The molecule has 1 unspecified atom stereocenters. The number of pyridine rings is 1. The minimum atomic E-state index is -0.849. The standard InChI is InChI=1S/C27H25FN2O4/c1-3-14-34-21-8-6-19(7-9-21)24-23(25(31)20-5-4-17(2)22(28)15-20)26(32)27(33)30(24)16-18-10-12-29-13-11-18/h4-13,15,24,31H,3,14,16H2,1-2H3/b25-23-. The molecule has 4 rings (SSSR count). The van der Waals surface area contributed by atoms with Crippen LogP contribution in [0.5, 0.6) is 5.75 Å². The van der Waals surface area contributed by atoms with Gasteiger partial charge in [-0.1, -0.05) is 31.2 Å². The van der Waals surface area contributed by atoms with E-state index in [0.717, 1.165) is 12.0 Å². The number of aromatic nitrogens is 1. The van der Waals surface area contributed by atoms with Crippen LogP contribution in [0.2, 0.25) is 0 Å². The summed E-state index contributed by atoms with van der Waals surface area (Å²) in [6, 6.07) is 14.0. The van der Waals surface area contributed by atoms with Crippen molar-refractivity contribution in [1.82, 2.24) is 9.88 Å². The minimum Gasteiger partial charge on any atom is -0.507 e. The number of hydrogen-bond donors (Lipinski definition) is 1. The van der Waals surface area contributed by atoms with Gasteiger partial charge >= 0.3 is 0 Å². The van der Waals surface area contributed by atoms with Crippen molar-refractivity contribution in [2.24, 2.45) is 0 Å². The molecule has 0 spiro atoms. The van der Waals surface area contributed by atoms with Crippen LogP contribution in [0.1, 0.15) is 41.6 Å². The normalized spacial score (nSPS) is 17.3. The number of halogens is 1. The second kappa shape index (κ2) is 9.87. The Labute approximate surface area is 197 Å². The highest BCUT2D eigenvalue weighted by Gasteiger charge is 2.46. The van der Waals surface area contributed by atoms with E-state index in [4.69, 9.17) is 4.74 Å².